The van der Waals surface area contributed by atoms with Crippen molar-refractivity contribution in [3.05, 3.63) is 5.82 Å². The lowest BCUT2D eigenvalue weighted by Crippen LogP contribution is -2.52. The van der Waals surface area contributed by atoms with E-state index in [0.29, 0.717) is 23.9 Å². The van der Waals surface area contributed by atoms with Crippen molar-refractivity contribution < 1.29 is 0 Å². The predicted molar refractivity (Wildman–Crippen MR) is 104 cm³/mol. The van der Waals surface area contributed by atoms with Crippen LogP contribution in [0.5, 0.6) is 0 Å². The van der Waals surface area contributed by atoms with Crippen LogP contribution < -0.4 is 10.2 Å². The van der Waals surface area contributed by atoms with E-state index in [0.717, 1.165) is 38.5 Å². The molecule has 7 nitrogen and oxygen atoms in total. The summed E-state index contributed by atoms with van der Waals surface area (Å²) in [5.41, 5.74) is 0. The van der Waals surface area contributed by atoms with Gasteiger partial charge in [-0.25, -0.2) is 0 Å². The number of aromatic nitrogens is 3. The van der Waals surface area contributed by atoms with Crippen LogP contribution in [0.4, 0.5) is 11.9 Å². The minimum atomic E-state index is 0.278. The van der Waals surface area contributed by atoms with Gasteiger partial charge in [0.05, 0.1) is 0 Å². The molecule has 1 N–H and O–H groups in total. The zero-order chi connectivity index (χ0) is 18.6. The summed E-state index contributed by atoms with van der Waals surface area (Å²) in [6.45, 7) is 14.2. The minimum Gasteiger partial charge on any atom is -0.352 e. The monoisotopic (exact) mass is 349 g/mol. The van der Waals surface area contributed by atoms with Crippen molar-refractivity contribution in [1.29, 1.82) is 0 Å². The molecule has 25 heavy (non-hydrogen) atoms. The molecule has 1 aliphatic rings. The SMILES string of the molecule is CC(C)c1nc(NCC(C(C)C)N2CCN(C)CC2)nc(N(C)C)n1. The Morgan fingerprint density at radius 3 is 2.16 bits per heavy atom. The first kappa shape index (κ1) is 19.8. The van der Waals surface area contributed by atoms with Crippen molar-refractivity contribution in [3.8, 4) is 0 Å². The van der Waals surface area contributed by atoms with Crippen LogP contribution in [0.25, 0.3) is 0 Å². The van der Waals surface area contributed by atoms with Gasteiger partial charge in [-0.2, -0.15) is 15.0 Å². The first-order valence-corrected chi connectivity index (χ1v) is 9.37. The predicted octanol–water partition coefficient (Wildman–Crippen LogP) is 1.74. The molecule has 1 aromatic heterocycles. The van der Waals surface area contributed by atoms with Crippen LogP contribution in [0.3, 0.4) is 0 Å². The molecule has 142 valence electrons. The number of nitrogens with zero attached hydrogens (tertiary/aromatic N) is 6. The van der Waals surface area contributed by atoms with Crippen LogP contribution in [0, 0.1) is 5.92 Å². The van der Waals surface area contributed by atoms with Gasteiger partial charge < -0.3 is 15.1 Å². The maximum Gasteiger partial charge on any atom is 0.229 e. The Morgan fingerprint density at radius 1 is 1.00 bits per heavy atom. The van der Waals surface area contributed by atoms with E-state index in [1.807, 2.05) is 19.0 Å². The van der Waals surface area contributed by atoms with Gasteiger partial charge in [-0.15, -0.1) is 0 Å². The normalized spacial score (nSPS) is 18.0. The Hall–Kier alpha value is -1.47. The molecule has 1 unspecified atom stereocenters. The minimum absolute atomic E-state index is 0.278. The fourth-order valence-corrected chi connectivity index (χ4v) is 3.05. The van der Waals surface area contributed by atoms with Gasteiger partial charge in [-0.1, -0.05) is 27.7 Å². The summed E-state index contributed by atoms with van der Waals surface area (Å²) < 4.78 is 0. The maximum atomic E-state index is 4.62. The van der Waals surface area contributed by atoms with Crippen LogP contribution in [-0.2, 0) is 0 Å². The van der Waals surface area contributed by atoms with Crippen molar-refractivity contribution in [2.75, 3.05) is 64.1 Å². The highest BCUT2D eigenvalue weighted by Crippen LogP contribution is 2.17. The van der Waals surface area contributed by atoms with Crippen molar-refractivity contribution >= 4 is 11.9 Å². The lowest BCUT2D eigenvalue weighted by molar-refractivity contribution is 0.0943. The first-order valence-electron chi connectivity index (χ1n) is 9.37. The van der Waals surface area contributed by atoms with E-state index in [-0.39, 0.29) is 5.92 Å². The summed E-state index contributed by atoms with van der Waals surface area (Å²) in [6, 6.07) is 0.482. The largest absolute Gasteiger partial charge is 0.352 e. The van der Waals surface area contributed by atoms with Crippen molar-refractivity contribution in [1.82, 2.24) is 24.8 Å². The van der Waals surface area contributed by atoms with Crippen molar-refractivity contribution in [3.63, 3.8) is 0 Å². The highest BCUT2D eigenvalue weighted by Gasteiger charge is 2.25. The Kier molecular flexibility index (Phi) is 6.95. The molecular weight excluding hydrogens is 314 g/mol. The molecular formula is C18H35N7. The summed E-state index contributed by atoms with van der Waals surface area (Å²) in [6.07, 6.45) is 0. The Morgan fingerprint density at radius 2 is 1.64 bits per heavy atom. The van der Waals surface area contributed by atoms with Gasteiger partial charge in [0.1, 0.15) is 5.82 Å². The third-order valence-electron chi connectivity index (χ3n) is 4.80. The number of piperazine rings is 1. The Bertz CT molecular complexity index is 510. The maximum absolute atomic E-state index is 4.62. The third kappa shape index (κ3) is 5.51. The van der Waals surface area contributed by atoms with Gasteiger partial charge in [0.15, 0.2) is 0 Å². The van der Waals surface area contributed by atoms with Crippen LogP contribution in [0.2, 0.25) is 0 Å². The second-order valence-electron chi connectivity index (χ2n) is 7.90. The average molecular weight is 350 g/mol. The lowest BCUT2D eigenvalue weighted by atomic mass is 10.0. The molecule has 1 saturated heterocycles. The number of anilines is 2. The summed E-state index contributed by atoms with van der Waals surface area (Å²) in [5, 5.41) is 3.48. The average Bonchev–Trinajstić information content (AvgIpc) is 2.56. The van der Waals surface area contributed by atoms with Gasteiger partial charge in [-0.05, 0) is 13.0 Å². The summed E-state index contributed by atoms with van der Waals surface area (Å²) in [4.78, 5) is 20.6. The molecule has 0 aromatic carbocycles. The number of nitrogens with one attached hydrogen (secondary N) is 1. The van der Waals surface area contributed by atoms with Gasteiger partial charge in [0.25, 0.3) is 0 Å². The Balaban J connectivity index is 2.09. The molecule has 0 aliphatic carbocycles. The standard InChI is InChI=1S/C18H35N7/c1-13(2)15(25-10-8-24(7)9-11-25)12-19-17-20-16(14(3)4)21-18(22-17)23(5)6/h13-15H,8-12H2,1-7H3,(H,19,20,21,22). The topological polar surface area (TPSA) is 60.4 Å². The number of rotatable bonds is 7. The zero-order valence-electron chi connectivity index (χ0n) is 17.0. The van der Waals surface area contributed by atoms with Crippen LogP contribution in [-0.4, -0.2) is 84.7 Å². The van der Waals surface area contributed by atoms with Crippen molar-refractivity contribution in [2.24, 2.45) is 5.92 Å². The molecule has 0 spiro atoms. The van der Waals surface area contributed by atoms with E-state index in [9.17, 15) is 0 Å². The highest BCUT2D eigenvalue weighted by molar-refractivity contribution is 5.36. The number of hydrogen-bond donors (Lipinski definition) is 1. The molecule has 0 saturated carbocycles. The van der Waals surface area contributed by atoms with Crippen LogP contribution >= 0.6 is 0 Å². The van der Waals surface area contributed by atoms with Gasteiger partial charge in [-0.3, -0.25) is 4.90 Å². The quantitative estimate of drug-likeness (QED) is 0.804. The second-order valence-corrected chi connectivity index (χ2v) is 7.90. The molecule has 2 heterocycles. The summed E-state index contributed by atoms with van der Waals surface area (Å²) in [7, 11) is 6.12. The van der Waals surface area contributed by atoms with E-state index in [1.165, 1.54) is 0 Å². The number of likely N-dealkylation sites (N-methyl/N-ethyl adjacent to an activating group) is 1. The zero-order valence-corrected chi connectivity index (χ0v) is 17.0. The molecule has 2 rings (SSSR count). The molecule has 7 heteroatoms. The lowest BCUT2D eigenvalue weighted by Gasteiger charge is -2.39. The molecule has 0 amide bonds. The third-order valence-corrected chi connectivity index (χ3v) is 4.80. The van der Waals surface area contributed by atoms with Crippen molar-refractivity contribution in [2.45, 2.75) is 39.7 Å². The fourth-order valence-electron chi connectivity index (χ4n) is 3.05. The Labute approximate surface area is 152 Å². The van der Waals surface area contributed by atoms with E-state index in [4.69, 9.17) is 0 Å². The summed E-state index contributed by atoms with van der Waals surface area (Å²) in [5.74, 6) is 3.09. The molecule has 1 aromatic rings. The van der Waals surface area contributed by atoms with Gasteiger partial charge in [0.2, 0.25) is 11.9 Å². The second kappa shape index (κ2) is 8.76. The number of hydrogen-bond acceptors (Lipinski definition) is 7. The smallest absolute Gasteiger partial charge is 0.229 e. The molecule has 0 radical (unpaired) electrons. The van der Waals surface area contributed by atoms with E-state index >= 15 is 0 Å². The summed E-state index contributed by atoms with van der Waals surface area (Å²) >= 11 is 0. The van der Waals surface area contributed by atoms with Gasteiger partial charge >= 0.3 is 0 Å². The highest BCUT2D eigenvalue weighted by atomic mass is 15.3. The molecule has 1 aliphatic heterocycles. The molecule has 0 bridgehead atoms. The van der Waals surface area contributed by atoms with E-state index in [2.05, 4.69) is 64.8 Å². The van der Waals surface area contributed by atoms with E-state index < -0.39 is 0 Å². The molecule has 1 atom stereocenters. The van der Waals surface area contributed by atoms with E-state index in [1.54, 1.807) is 0 Å². The van der Waals surface area contributed by atoms with Crippen LogP contribution in [0.1, 0.15) is 39.4 Å². The fraction of sp³-hybridized carbons (Fsp3) is 0.833. The van der Waals surface area contributed by atoms with Crippen LogP contribution in [0.15, 0.2) is 0 Å². The first-order chi connectivity index (χ1) is 11.8. The molecule has 1 fully saturated rings. The van der Waals surface area contributed by atoms with Gasteiger partial charge in [0, 0.05) is 58.8 Å².